The molecule has 0 saturated heterocycles. The largest absolute Gasteiger partial charge is 0.365 e. The third-order valence-corrected chi connectivity index (χ3v) is 14.3. The van der Waals surface area contributed by atoms with E-state index in [1.807, 2.05) is 24.3 Å². The second-order valence-electron chi connectivity index (χ2n) is 18.9. The van der Waals surface area contributed by atoms with Crippen LogP contribution in [0.25, 0.3) is 22.3 Å². The molecule has 5 heteroatoms. The van der Waals surface area contributed by atoms with E-state index in [2.05, 4.69) is 38.1 Å². The van der Waals surface area contributed by atoms with Crippen LogP contribution in [-0.2, 0) is 4.74 Å². The molecule has 6 rings (SSSR count). The van der Waals surface area contributed by atoms with Gasteiger partial charge >= 0.3 is 0 Å². The monoisotopic (exact) mass is 839 g/mol. The van der Waals surface area contributed by atoms with Crippen molar-refractivity contribution in [1.29, 1.82) is 0 Å². The summed E-state index contributed by atoms with van der Waals surface area (Å²) >= 11 is 0. The first-order valence-electron chi connectivity index (χ1n) is 24.6. The molecule has 2 saturated carbocycles. The lowest BCUT2D eigenvalue weighted by molar-refractivity contribution is -0.0907. The van der Waals surface area contributed by atoms with Crippen LogP contribution in [0.15, 0.2) is 84.9 Å². The lowest BCUT2D eigenvalue weighted by atomic mass is 9.74. The molecule has 0 heterocycles. The molecule has 2 unspecified atom stereocenters. The van der Waals surface area contributed by atoms with Gasteiger partial charge in [0.15, 0.2) is 23.3 Å². The summed E-state index contributed by atoms with van der Waals surface area (Å²) in [5.41, 5.74) is 5.28. The topological polar surface area (TPSA) is 9.23 Å². The minimum atomic E-state index is -0.841. The summed E-state index contributed by atoms with van der Waals surface area (Å²) < 4.78 is 63.8. The Morgan fingerprint density at radius 3 is 1.07 bits per heavy atom. The Morgan fingerprint density at radius 2 is 0.721 bits per heavy atom. The summed E-state index contributed by atoms with van der Waals surface area (Å²) in [6.45, 7) is 4.55. The van der Waals surface area contributed by atoms with E-state index in [0.29, 0.717) is 23.0 Å². The summed E-state index contributed by atoms with van der Waals surface area (Å²) in [5, 5.41) is 0. The van der Waals surface area contributed by atoms with E-state index >= 15 is 0 Å². The summed E-state index contributed by atoms with van der Waals surface area (Å²) in [7, 11) is 0. The predicted octanol–water partition coefficient (Wildman–Crippen LogP) is 18.3. The number of rotatable bonds is 24. The number of halogens is 4. The highest BCUT2D eigenvalue weighted by Crippen LogP contribution is 2.48. The van der Waals surface area contributed by atoms with Gasteiger partial charge in [-0.3, -0.25) is 0 Å². The Labute approximate surface area is 366 Å². The summed E-state index contributed by atoms with van der Waals surface area (Å²) in [5.74, 6) is -1.07. The molecule has 2 fully saturated rings. The van der Waals surface area contributed by atoms with Crippen LogP contribution < -0.4 is 0 Å². The molecule has 1 nitrogen and oxygen atoms in total. The number of hydrogen-bond acceptors (Lipinski definition) is 1. The maximum Gasteiger partial charge on any atom is 0.159 e. The molecule has 0 aromatic heterocycles. The van der Waals surface area contributed by atoms with Crippen LogP contribution in [0.1, 0.15) is 191 Å². The normalized spacial score (nSPS) is 20.4. The van der Waals surface area contributed by atoms with Crippen LogP contribution in [0, 0.1) is 46.9 Å². The maximum atomic E-state index is 14.3. The molecule has 0 N–H and O–H groups in total. The van der Waals surface area contributed by atoms with E-state index in [1.54, 1.807) is 12.1 Å². The van der Waals surface area contributed by atoms with E-state index < -0.39 is 23.3 Å². The first-order valence-corrected chi connectivity index (χ1v) is 24.6. The third kappa shape index (κ3) is 14.3. The quantitative estimate of drug-likeness (QED) is 0.0505. The Bertz CT molecular complexity index is 1700. The van der Waals surface area contributed by atoms with E-state index in [-0.39, 0.29) is 12.2 Å². The smallest absolute Gasteiger partial charge is 0.159 e. The molecular weight excluding hydrogens is 765 g/mol. The lowest BCUT2D eigenvalue weighted by Gasteiger charge is -2.40. The molecule has 2 aliphatic carbocycles. The molecule has 2 aliphatic rings. The van der Waals surface area contributed by atoms with Crippen molar-refractivity contribution < 1.29 is 22.3 Å². The lowest BCUT2D eigenvalue weighted by Crippen LogP contribution is -2.28. The van der Waals surface area contributed by atoms with Crippen LogP contribution in [0.5, 0.6) is 0 Å². The minimum absolute atomic E-state index is 0.111. The summed E-state index contributed by atoms with van der Waals surface area (Å²) in [4.78, 5) is 0. The molecular formula is C56H74F4O. The SMILES string of the molecule is CCCCCCCCCC1CCC(C(OC(c2ccc(-c3ccc(F)c(F)c3)cc2)C2CCC(CCCCCCCCC)CC2)c2ccc(-c3ccc(F)c(F)c3)cc2)CC1. The molecule has 0 aliphatic heterocycles. The zero-order valence-corrected chi connectivity index (χ0v) is 37.4. The fraction of sp³-hybridized carbons (Fsp3) is 0.571. The average Bonchev–Trinajstić information content (AvgIpc) is 3.29. The maximum absolute atomic E-state index is 14.3. The average molecular weight is 839 g/mol. The van der Waals surface area contributed by atoms with E-state index in [9.17, 15) is 17.6 Å². The molecule has 4 aromatic carbocycles. The molecule has 0 radical (unpaired) electrons. The molecule has 0 bridgehead atoms. The third-order valence-electron chi connectivity index (χ3n) is 14.3. The van der Waals surface area contributed by atoms with Crippen molar-refractivity contribution in [3.63, 3.8) is 0 Å². The van der Waals surface area contributed by atoms with Crippen molar-refractivity contribution in [2.75, 3.05) is 0 Å². The van der Waals surface area contributed by atoms with Crippen LogP contribution in [0.2, 0.25) is 0 Å². The van der Waals surface area contributed by atoms with Gasteiger partial charge in [0.1, 0.15) is 0 Å². The zero-order valence-electron chi connectivity index (χ0n) is 37.4. The van der Waals surface area contributed by atoms with E-state index in [0.717, 1.165) is 59.8 Å². The second-order valence-corrected chi connectivity index (χ2v) is 18.9. The van der Waals surface area contributed by atoms with Gasteiger partial charge in [-0.1, -0.05) is 203 Å². The Hall–Kier alpha value is -3.44. The van der Waals surface area contributed by atoms with Gasteiger partial charge in [-0.15, -0.1) is 0 Å². The summed E-state index contributed by atoms with van der Waals surface area (Å²) in [6.07, 6.45) is 30.7. The van der Waals surface area contributed by atoms with E-state index in [4.69, 9.17) is 4.74 Å². The van der Waals surface area contributed by atoms with Gasteiger partial charge in [-0.05, 0) is 107 Å². The van der Waals surface area contributed by atoms with E-state index in [1.165, 1.54) is 153 Å². The highest BCUT2D eigenvalue weighted by atomic mass is 19.2. The standard InChI is InChI=1S/C56H74F4O/c1-3-5-7-9-11-13-15-17-41-19-23-45(24-20-41)55(47-31-27-43(28-32-47)49-35-37-51(57)53(59)39-49)61-56(46-25-21-42(22-26-46)18-16-14-12-10-8-6-4-2)48-33-29-44(30-34-48)50-36-38-52(58)54(60)40-50/h27-42,45-46,55-56H,3-26H2,1-2H3. The number of hydrogen-bond donors (Lipinski definition) is 0. The zero-order chi connectivity index (χ0) is 42.8. The Kier molecular flexibility index (Phi) is 19.3. The van der Waals surface area contributed by atoms with Crippen LogP contribution >= 0.6 is 0 Å². The van der Waals surface area contributed by atoms with Crippen molar-refractivity contribution >= 4 is 0 Å². The minimum Gasteiger partial charge on any atom is -0.365 e. The highest BCUT2D eigenvalue weighted by Gasteiger charge is 2.36. The van der Waals surface area contributed by atoms with Crippen molar-refractivity contribution in [2.24, 2.45) is 23.7 Å². The first kappa shape index (κ1) is 47.0. The second kappa shape index (κ2) is 25.0. The highest BCUT2D eigenvalue weighted by molar-refractivity contribution is 5.64. The van der Waals surface area contributed by atoms with Crippen LogP contribution in [0.3, 0.4) is 0 Å². The van der Waals surface area contributed by atoms with Crippen molar-refractivity contribution in [1.82, 2.24) is 0 Å². The summed E-state index contributed by atoms with van der Waals surface area (Å²) in [6, 6.07) is 24.9. The van der Waals surface area contributed by atoms with Gasteiger partial charge in [0.2, 0.25) is 0 Å². The van der Waals surface area contributed by atoms with Crippen molar-refractivity contribution in [2.45, 2.75) is 180 Å². The van der Waals surface area contributed by atoms with Gasteiger partial charge < -0.3 is 4.74 Å². The fourth-order valence-electron chi connectivity index (χ4n) is 10.5. The van der Waals surface area contributed by atoms with Gasteiger partial charge in [0, 0.05) is 0 Å². The number of ether oxygens (including phenoxy) is 1. The fourth-order valence-corrected chi connectivity index (χ4v) is 10.5. The molecule has 332 valence electrons. The van der Waals surface area contributed by atoms with Crippen LogP contribution in [-0.4, -0.2) is 0 Å². The molecule has 2 atom stereocenters. The molecule has 0 spiro atoms. The number of unbranched alkanes of at least 4 members (excludes halogenated alkanes) is 12. The van der Waals surface area contributed by atoms with Gasteiger partial charge in [0.25, 0.3) is 0 Å². The number of benzene rings is 4. The molecule has 61 heavy (non-hydrogen) atoms. The molecule has 0 amide bonds. The van der Waals surface area contributed by atoms with Gasteiger partial charge in [-0.25, -0.2) is 17.6 Å². The first-order chi connectivity index (χ1) is 29.8. The van der Waals surface area contributed by atoms with Gasteiger partial charge in [0.05, 0.1) is 12.2 Å². The Morgan fingerprint density at radius 1 is 0.393 bits per heavy atom. The predicted molar refractivity (Wildman–Crippen MR) is 246 cm³/mol. The van der Waals surface area contributed by atoms with Crippen molar-refractivity contribution in [3.05, 3.63) is 119 Å². The molecule has 4 aromatic rings. The van der Waals surface area contributed by atoms with Gasteiger partial charge in [-0.2, -0.15) is 0 Å². The van der Waals surface area contributed by atoms with Crippen molar-refractivity contribution in [3.8, 4) is 22.3 Å². The Balaban J connectivity index is 1.20. The van der Waals surface area contributed by atoms with Crippen LogP contribution in [0.4, 0.5) is 17.6 Å².